The molecule has 2 heterocycles. The molecule has 2 nitrogen and oxygen atoms in total. The van der Waals surface area contributed by atoms with Crippen LogP contribution in [-0.4, -0.2) is 49.1 Å². The van der Waals surface area contributed by atoms with E-state index in [0.717, 1.165) is 25.7 Å². The highest BCUT2D eigenvalue weighted by molar-refractivity contribution is 5.02. The molecule has 125 valence electrons. The Morgan fingerprint density at radius 2 is 0.909 bits per heavy atom. The minimum atomic E-state index is 1.07. The Labute approximate surface area is 139 Å². The first-order valence-corrected chi connectivity index (χ1v) is 8.93. The molecule has 0 saturated carbocycles. The molecule has 2 aliphatic heterocycles. The molecule has 0 amide bonds. The second-order valence-corrected chi connectivity index (χ2v) is 5.39. The molecule has 0 aliphatic carbocycles. The summed E-state index contributed by atoms with van der Waals surface area (Å²) in [6.07, 6.45) is 6.81. The lowest BCUT2D eigenvalue weighted by atomic mass is 10.3. The van der Waals surface area contributed by atoms with Gasteiger partial charge in [-0.15, -0.1) is 23.7 Å². The van der Waals surface area contributed by atoms with Crippen LogP contribution in [0.15, 0.2) is 0 Å². The Morgan fingerprint density at radius 3 is 1.14 bits per heavy atom. The van der Waals surface area contributed by atoms with Crippen molar-refractivity contribution in [2.45, 2.75) is 59.3 Å². The number of rotatable bonds is 4. The average Bonchev–Trinajstić information content (AvgIpc) is 2.96. The van der Waals surface area contributed by atoms with E-state index in [1.807, 2.05) is 0 Å². The lowest BCUT2D eigenvalue weighted by molar-refractivity contribution is 0.291. The minimum Gasteiger partial charge on any atom is -0.301 e. The normalized spacial score (nSPS) is 17.8. The maximum Gasteiger partial charge on any atom is 0.0217 e. The largest absolute Gasteiger partial charge is 0.301 e. The van der Waals surface area contributed by atoms with Crippen molar-refractivity contribution in [1.82, 2.24) is 9.80 Å². The van der Waals surface area contributed by atoms with Crippen LogP contribution in [0.4, 0.5) is 0 Å². The molecule has 22 heavy (non-hydrogen) atoms. The van der Waals surface area contributed by atoms with Crippen LogP contribution in [0.1, 0.15) is 59.3 Å². The zero-order valence-corrected chi connectivity index (χ0v) is 15.1. The fourth-order valence-electron chi connectivity index (χ4n) is 2.51. The topological polar surface area (TPSA) is 6.48 Å². The maximum atomic E-state index is 3.25. The van der Waals surface area contributed by atoms with Gasteiger partial charge < -0.3 is 9.80 Å². The van der Waals surface area contributed by atoms with Crippen molar-refractivity contribution in [3.63, 3.8) is 0 Å². The summed E-state index contributed by atoms with van der Waals surface area (Å²) in [7, 11) is 0. The van der Waals surface area contributed by atoms with Crippen LogP contribution in [0.2, 0.25) is 0 Å². The van der Waals surface area contributed by atoms with Gasteiger partial charge in [0.2, 0.25) is 0 Å². The molecule has 0 bridgehead atoms. The molecule has 0 fully saturated rings. The Balaban J connectivity index is 0.000000360. The highest BCUT2D eigenvalue weighted by atomic mass is 15.1. The molecule has 0 aromatic rings. The first-order valence-electron chi connectivity index (χ1n) is 8.93. The second kappa shape index (κ2) is 16.4. The van der Waals surface area contributed by atoms with Crippen LogP contribution in [-0.2, 0) is 0 Å². The van der Waals surface area contributed by atoms with Gasteiger partial charge in [0, 0.05) is 51.9 Å². The Kier molecular flexibility index (Phi) is 15.7. The number of hydrogen-bond acceptors (Lipinski definition) is 2. The van der Waals surface area contributed by atoms with E-state index < -0.39 is 0 Å². The van der Waals surface area contributed by atoms with Crippen molar-refractivity contribution >= 4 is 0 Å². The molecule has 0 spiro atoms. The van der Waals surface area contributed by atoms with Gasteiger partial charge in [-0.25, -0.2) is 0 Å². The lowest BCUT2D eigenvalue weighted by Gasteiger charge is -2.17. The molecule has 1 radical (unpaired) electrons. The van der Waals surface area contributed by atoms with E-state index in [0.29, 0.717) is 0 Å². The summed E-state index contributed by atoms with van der Waals surface area (Å²) in [5, 5.41) is 0. The molecule has 2 rings (SSSR count). The third-order valence-corrected chi connectivity index (χ3v) is 3.54. The molecule has 2 aliphatic rings. The maximum absolute atomic E-state index is 3.25. The zero-order chi connectivity index (χ0) is 16.5. The zero-order valence-electron chi connectivity index (χ0n) is 15.1. The molecule has 0 aromatic heterocycles. The fourth-order valence-corrected chi connectivity index (χ4v) is 2.51. The van der Waals surface area contributed by atoms with Crippen molar-refractivity contribution in [3.8, 4) is 23.7 Å². The van der Waals surface area contributed by atoms with Crippen molar-refractivity contribution in [2.75, 3.05) is 39.3 Å². The Bertz CT molecular complexity index is 293. The summed E-state index contributed by atoms with van der Waals surface area (Å²) in [6, 6.07) is 0. The van der Waals surface area contributed by atoms with E-state index in [1.165, 1.54) is 52.1 Å². The predicted molar refractivity (Wildman–Crippen MR) is 98.5 cm³/mol. The van der Waals surface area contributed by atoms with Crippen molar-refractivity contribution in [1.29, 1.82) is 0 Å². The van der Waals surface area contributed by atoms with E-state index in [1.54, 1.807) is 6.92 Å². The smallest absolute Gasteiger partial charge is 0.0217 e. The summed E-state index contributed by atoms with van der Waals surface area (Å²) < 4.78 is 0. The van der Waals surface area contributed by atoms with Gasteiger partial charge in [-0.1, -0.05) is 27.7 Å². The summed E-state index contributed by atoms with van der Waals surface area (Å²) >= 11 is 0. The molecular weight excluding hydrogens is 268 g/mol. The van der Waals surface area contributed by atoms with E-state index >= 15 is 0 Å². The molecule has 0 saturated heterocycles. The van der Waals surface area contributed by atoms with Gasteiger partial charge in [0.15, 0.2) is 0 Å². The third-order valence-electron chi connectivity index (χ3n) is 3.54. The van der Waals surface area contributed by atoms with Crippen LogP contribution < -0.4 is 0 Å². The van der Waals surface area contributed by atoms with Crippen molar-refractivity contribution < 1.29 is 0 Å². The molecule has 0 unspecified atom stereocenters. The van der Waals surface area contributed by atoms with Crippen LogP contribution in [0.25, 0.3) is 0 Å². The van der Waals surface area contributed by atoms with E-state index in [4.69, 9.17) is 0 Å². The summed E-state index contributed by atoms with van der Waals surface area (Å²) in [4.78, 5) is 4.96. The van der Waals surface area contributed by atoms with Gasteiger partial charge in [0.1, 0.15) is 0 Å². The minimum absolute atomic E-state index is 1.07. The van der Waals surface area contributed by atoms with E-state index in [2.05, 4.69) is 54.3 Å². The monoisotopic (exact) mass is 303 g/mol. The van der Waals surface area contributed by atoms with Crippen molar-refractivity contribution in [3.05, 3.63) is 6.92 Å². The fraction of sp³-hybridized carbons (Fsp3) is 0.750. The lowest BCUT2D eigenvalue weighted by Crippen LogP contribution is -2.25. The number of hydrogen-bond donors (Lipinski definition) is 0. The highest BCUT2D eigenvalue weighted by Crippen LogP contribution is 1.99. The molecule has 2 heteroatoms. The molecule has 0 aromatic carbocycles. The summed E-state index contributed by atoms with van der Waals surface area (Å²) in [5.41, 5.74) is 0. The SMILES string of the molecule is CCCN1CCC#CCC1.CCCN1CCC#CCC1.[CH2]C. The predicted octanol–water partition coefficient (Wildman–Crippen LogP) is 3.83. The Hall–Kier alpha value is -0.960. The quantitative estimate of drug-likeness (QED) is 0.728. The molecular formula is C20H35N2. The van der Waals surface area contributed by atoms with Crippen LogP contribution in [0.5, 0.6) is 0 Å². The van der Waals surface area contributed by atoms with Gasteiger partial charge in [0.25, 0.3) is 0 Å². The highest BCUT2D eigenvalue weighted by Gasteiger charge is 2.03. The number of nitrogens with zero attached hydrogens (tertiary/aromatic N) is 2. The van der Waals surface area contributed by atoms with Crippen LogP contribution >= 0.6 is 0 Å². The van der Waals surface area contributed by atoms with Crippen LogP contribution in [0, 0.1) is 30.6 Å². The second-order valence-electron chi connectivity index (χ2n) is 5.39. The summed E-state index contributed by atoms with van der Waals surface area (Å²) in [6.45, 7) is 16.7. The van der Waals surface area contributed by atoms with Gasteiger partial charge >= 0.3 is 0 Å². The summed E-state index contributed by atoms with van der Waals surface area (Å²) in [5.74, 6) is 12.6. The van der Waals surface area contributed by atoms with Gasteiger partial charge in [-0.3, -0.25) is 0 Å². The third kappa shape index (κ3) is 11.7. The Morgan fingerprint density at radius 1 is 0.636 bits per heavy atom. The average molecular weight is 304 g/mol. The van der Waals surface area contributed by atoms with Gasteiger partial charge in [0.05, 0.1) is 0 Å². The first-order chi connectivity index (χ1) is 10.9. The standard InChI is InChI=1S/2C9H15N.C2H5/c2*1-2-7-10-8-5-3-4-6-9-10;1-2/h2*2,5-9H2,1H3;1H2,2H3. The molecule has 0 N–H and O–H groups in total. The van der Waals surface area contributed by atoms with E-state index in [9.17, 15) is 0 Å². The van der Waals surface area contributed by atoms with Crippen molar-refractivity contribution in [2.24, 2.45) is 0 Å². The first kappa shape index (κ1) is 21.0. The molecule has 0 atom stereocenters. The van der Waals surface area contributed by atoms with Gasteiger partial charge in [-0.05, 0) is 25.9 Å². The van der Waals surface area contributed by atoms with E-state index in [-0.39, 0.29) is 0 Å². The van der Waals surface area contributed by atoms with Gasteiger partial charge in [-0.2, -0.15) is 0 Å². The van der Waals surface area contributed by atoms with Crippen LogP contribution in [0.3, 0.4) is 0 Å².